The molecule has 1 aliphatic rings. The zero-order chi connectivity index (χ0) is 16.1. The average Bonchev–Trinajstić information content (AvgIpc) is 2.47. The summed E-state index contributed by atoms with van der Waals surface area (Å²) in [5.74, 6) is 1.24. The van der Waals surface area contributed by atoms with E-state index in [0.717, 1.165) is 5.56 Å². The second kappa shape index (κ2) is 7.97. The van der Waals surface area contributed by atoms with Crippen LogP contribution in [0.4, 0.5) is 5.69 Å². The van der Waals surface area contributed by atoms with E-state index in [-0.39, 0.29) is 5.75 Å². The van der Waals surface area contributed by atoms with Crippen LogP contribution in [0.15, 0.2) is 12.1 Å². The fourth-order valence-corrected chi connectivity index (χ4v) is 3.88. The van der Waals surface area contributed by atoms with Crippen LogP contribution in [-0.2, 0) is 15.4 Å². The van der Waals surface area contributed by atoms with Crippen molar-refractivity contribution in [2.75, 3.05) is 11.8 Å². The molecule has 1 saturated carbocycles. The highest BCUT2D eigenvalue weighted by Gasteiger charge is 2.23. The van der Waals surface area contributed by atoms with Crippen LogP contribution in [-0.4, -0.2) is 16.4 Å². The van der Waals surface area contributed by atoms with Gasteiger partial charge in [-0.1, -0.05) is 39.0 Å². The van der Waals surface area contributed by atoms with Crippen molar-refractivity contribution in [3.8, 4) is 5.75 Å². The number of hydrogen-bond acceptors (Lipinski definition) is 3. The molecule has 2 N–H and O–H groups in total. The van der Waals surface area contributed by atoms with E-state index in [2.05, 4.69) is 11.6 Å². The molecular weight excluding hydrogens is 298 g/mol. The van der Waals surface area contributed by atoms with Gasteiger partial charge in [-0.05, 0) is 48.4 Å². The number of hydrogen-bond donors (Lipinski definition) is 2. The van der Waals surface area contributed by atoms with Crippen LogP contribution in [0.3, 0.4) is 0 Å². The topological polar surface area (TPSA) is 58.6 Å². The molecule has 3 atom stereocenters. The van der Waals surface area contributed by atoms with Crippen molar-refractivity contribution in [3.63, 3.8) is 0 Å². The fraction of sp³-hybridized carbons (Fsp3) is 0.647. The highest BCUT2D eigenvalue weighted by Crippen LogP contribution is 2.40. The van der Waals surface area contributed by atoms with Gasteiger partial charge < -0.3 is 5.11 Å². The quantitative estimate of drug-likeness (QED) is 0.806. The number of benzene rings is 1. The van der Waals surface area contributed by atoms with E-state index < -0.39 is 11.3 Å². The van der Waals surface area contributed by atoms with E-state index in [1.807, 2.05) is 13.0 Å². The Kier molecular flexibility index (Phi) is 6.26. The summed E-state index contributed by atoms with van der Waals surface area (Å²) in [4.78, 5) is 0. The Balaban J connectivity index is 2.31. The Morgan fingerprint density at radius 3 is 2.59 bits per heavy atom. The van der Waals surface area contributed by atoms with E-state index >= 15 is 0 Å². The lowest BCUT2D eigenvalue weighted by Crippen LogP contribution is -2.14. The third-order valence-electron chi connectivity index (χ3n) is 4.74. The van der Waals surface area contributed by atoms with Crippen molar-refractivity contribution in [1.82, 2.24) is 0 Å². The van der Waals surface area contributed by atoms with E-state index in [9.17, 15) is 9.32 Å². The van der Waals surface area contributed by atoms with Gasteiger partial charge in [0.25, 0.3) is 11.3 Å². The minimum atomic E-state index is -1.63. The second-order valence-corrected chi connectivity index (χ2v) is 7.31. The summed E-state index contributed by atoms with van der Waals surface area (Å²) in [7, 11) is 1.37. The molecule has 0 aliphatic heterocycles. The Morgan fingerprint density at radius 1 is 1.23 bits per heavy atom. The Labute approximate surface area is 136 Å². The third-order valence-corrected chi connectivity index (χ3v) is 5.43. The second-order valence-electron chi connectivity index (χ2n) is 6.30. The molecule has 0 bridgehead atoms. The summed E-state index contributed by atoms with van der Waals surface area (Å²) >= 11 is -1.63. The van der Waals surface area contributed by atoms with Crippen LogP contribution in [0, 0.1) is 12.8 Å². The zero-order valence-corrected chi connectivity index (χ0v) is 14.5. The van der Waals surface area contributed by atoms with Crippen LogP contribution >= 0.6 is 0 Å². The molecule has 1 fully saturated rings. The van der Waals surface area contributed by atoms with Crippen LogP contribution in [0.25, 0.3) is 0 Å². The molecule has 22 heavy (non-hydrogen) atoms. The molecular formula is C17H27NO3S. The van der Waals surface area contributed by atoms with Gasteiger partial charge in [-0.2, -0.15) is 0 Å². The summed E-state index contributed by atoms with van der Waals surface area (Å²) in [6, 6.07) is 3.71. The molecule has 1 aromatic carbocycles. The molecule has 2 rings (SSSR count). The predicted molar refractivity (Wildman–Crippen MR) is 91.2 cm³/mol. The van der Waals surface area contributed by atoms with Gasteiger partial charge in [0.1, 0.15) is 5.75 Å². The first-order valence-corrected chi connectivity index (χ1v) is 9.16. The first-order valence-electron chi connectivity index (χ1n) is 8.09. The molecule has 0 spiro atoms. The Morgan fingerprint density at radius 2 is 1.91 bits per heavy atom. The molecule has 3 unspecified atom stereocenters. The normalized spacial score (nSPS) is 24.3. The maximum atomic E-state index is 11.5. The van der Waals surface area contributed by atoms with Crippen molar-refractivity contribution >= 4 is 17.0 Å². The van der Waals surface area contributed by atoms with Crippen LogP contribution in [0.1, 0.15) is 62.5 Å². The molecule has 0 heterocycles. The highest BCUT2D eigenvalue weighted by molar-refractivity contribution is 7.81. The van der Waals surface area contributed by atoms with Gasteiger partial charge in [-0.25, -0.2) is 4.21 Å². The lowest BCUT2D eigenvalue weighted by Gasteiger charge is -2.28. The van der Waals surface area contributed by atoms with Crippen molar-refractivity contribution in [1.29, 1.82) is 0 Å². The third kappa shape index (κ3) is 4.23. The number of anilines is 1. The summed E-state index contributed by atoms with van der Waals surface area (Å²) in [5.41, 5.74) is 2.83. The lowest BCUT2D eigenvalue weighted by atomic mass is 9.77. The maximum absolute atomic E-state index is 11.5. The number of rotatable bonds is 4. The predicted octanol–water partition coefficient (Wildman–Crippen LogP) is 4.41. The van der Waals surface area contributed by atoms with Crippen molar-refractivity contribution in [2.45, 2.75) is 58.3 Å². The van der Waals surface area contributed by atoms with E-state index in [1.165, 1.54) is 51.2 Å². The first-order chi connectivity index (χ1) is 10.5. The van der Waals surface area contributed by atoms with Crippen LogP contribution in [0.2, 0.25) is 0 Å². The molecule has 0 amide bonds. The largest absolute Gasteiger partial charge is 0.506 e. The fourth-order valence-electron chi connectivity index (χ4n) is 3.45. The monoisotopic (exact) mass is 325 g/mol. The number of aryl methyl sites for hydroxylation is 1. The van der Waals surface area contributed by atoms with Crippen LogP contribution in [0.5, 0.6) is 5.75 Å². The van der Waals surface area contributed by atoms with Gasteiger partial charge >= 0.3 is 0 Å². The van der Waals surface area contributed by atoms with Gasteiger partial charge in [0, 0.05) is 0 Å². The number of phenolic OH excluding ortho intramolecular Hbond substituents is 1. The smallest absolute Gasteiger partial charge is 0.261 e. The zero-order valence-electron chi connectivity index (χ0n) is 13.7. The summed E-state index contributed by atoms with van der Waals surface area (Å²) < 4.78 is 19.0. The number of aromatic hydroxyl groups is 1. The van der Waals surface area contributed by atoms with Gasteiger partial charge in [0.05, 0.1) is 12.8 Å². The highest BCUT2D eigenvalue weighted by atomic mass is 32.2. The van der Waals surface area contributed by atoms with Gasteiger partial charge in [-0.3, -0.25) is 8.91 Å². The lowest BCUT2D eigenvalue weighted by molar-refractivity contribution is 0.352. The SMILES string of the molecule is COS(=O)Nc1cc(C2CCCCCCC2C)c(C)cc1O. The molecule has 4 nitrogen and oxygen atoms in total. The van der Waals surface area contributed by atoms with E-state index in [4.69, 9.17) is 4.18 Å². The summed E-state index contributed by atoms with van der Waals surface area (Å²) in [5, 5.41) is 10.1. The number of phenols is 1. The maximum Gasteiger partial charge on any atom is 0.261 e. The van der Waals surface area contributed by atoms with Crippen molar-refractivity contribution < 1.29 is 13.5 Å². The summed E-state index contributed by atoms with van der Waals surface area (Å²) in [6.45, 7) is 4.36. The molecule has 0 saturated heterocycles. The molecule has 0 radical (unpaired) electrons. The van der Waals surface area contributed by atoms with Gasteiger partial charge in [-0.15, -0.1) is 0 Å². The van der Waals surface area contributed by atoms with Crippen LogP contribution < -0.4 is 4.72 Å². The Hall–Kier alpha value is -1.07. The van der Waals surface area contributed by atoms with Crippen molar-refractivity contribution in [2.24, 2.45) is 5.92 Å². The van der Waals surface area contributed by atoms with Gasteiger partial charge in [0.2, 0.25) is 0 Å². The molecule has 124 valence electrons. The molecule has 0 aromatic heterocycles. The first kappa shape index (κ1) is 17.3. The number of nitrogens with one attached hydrogen (secondary N) is 1. The minimum absolute atomic E-state index is 0.116. The minimum Gasteiger partial charge on any atom is -0.506 e. The molecule has 5 heteroatoms. The standard InChI is InChI=1S/C17H27NO3S/c1-12-8-6-4-5-7-9-14(12)15-11-16(18-22(20)21-3)17(19)10-13(15)2/h10-12,14,18-19H,4-9H2,1-3H3. The molecule has 1 aromatic rings. The summed E-state index contributed by atoms with van der Waals surface area (Å²) in [6.07, 6.45) is 7.62. The average molecular weight is 325 g/mol. The molecule has 1 aliphatic carbocycles. The van der Waals surface area contributed by atoms with E-state index in [1.54, 1.807) is 6.07 Å². The van der Waals surface area contributed by atoms with E-state index in [0.29, 0.717) is 17.5 Å². The van der Waals surface area contributed by atoms with Gasteiger partial charge in [0.15, 0.2) is 0 Å². The van der Waals surface area contributed by atoms with Crippen molar-refractivity contribution in [3.05, 3.63) is 23.3 Å². The Bertz CT molecular complexity index is 533.